The second-order valence-corrected chi connectivity index (χ2v) is 14.2. The van der Waals surface area contributed by atoms with E-state index < -0.39 is 0 Å². The molecule has 0 bridgehead atoms. The molecule has 5 aromatic carbocycles. The Balaban J connectivity index is 1.08. The fraction of sp³-hybridized carbons (Fsp3) is 0.125. The quantitative estimate of drug-likeness (QED) is 0.185. The molecule has 0 saturated carbocycles. The number of rotatable bonds is 4. The predicted molar refractivity (Wildman–Crippen MR) is 216 cm³/mol. The zero-order valence-electron chi connectivity index (χ0n) is 28.4. The molecule has 0 atom stereocenters. The molecule has 3 aliphatic carbocycles. The maximum atomic E-state index is 6.28. The molecule has 0 saturated heterocycles. The lowest BCUT2D eigenvalue weighted by Gasteiger charge is -2.17. The normalized spacial score (nSPS) is 15.8. The molecule has 11 rings (SSSR count). The van der Waals surface area contributed by atoms with Crippen LogP contribution in [0.2, 0.25) is 0 Å². The molecular formula is C48H36N2O. The first kappa shape index (κ1) is 28.7. The van der Waals surface area contributed by atoms with Gasteiger partial charge in [0.25, 0.3) is 0 Å². The van der Waals surface area contributed by atoms with Gasteiger partial charge in [-0.25, -0.2) is 0 Å². The molecule has 3 heteroatoms. The maximum Gasteiger partial charge on any atom is 0.136 e. The molecule has 0 spiro atoms. The van der Waals surface area contributed by atoms with Gasteiger partial charge in [-0.15, -0.1) is 0 Å². The zero-order valence-corrected chi connectivity index (χ0v) is 28.4. The van der Waals surface area contributed by atoms with E-state index in [1.165, 1.54) is 72.1 Å². The molecule has 0 N–H and O–H groups in total. The first-order chi connectivity index (χ1) is 25.3. The number of para-hydroxylation sites is 1. The third-order valence-electron chi connectivity index (χ3n) is 11.3. The second-order valence-electron chi connectivity index (χ2n) is 14.2. The van der Waals surface area contributed by atoms with E-state index >= 15 is 0 Å². The Morgan fingerprint density at radius 1 is 0.451 bits per heavy atom. The summed E-state index contributed by atoms with van der Waals surface area (Å²) in [6.45, 7) is 0. The fourth-order valence-corrected chi connectivity index (χ4v) is 8.88. The highest BCUT2D eigenvalue weighted by atomic mass is 16.3. The van der Waals surface area contributed by atoms with Crippen LogP contribution in [0.1, 0.15) is 43.4 Å². The van der Waals surface area contributed by atoms with Crippen LogP contribution in [0.5, 0.6) is 0 Å². The van der Waals surface area contributed by atoms with Crippen molar-refractivity contribution in [2.45, 2.75) is 38.5 Å². The highest BCUT2D eigenvalue weighted by Gasteiger charge is 2.22. The summed E-state index contributed by atoms with van der Waals surface area (Å²) in [5.74, 6) is 0. The van der Waals surface area contributed by atoms with Crippen LogP contribution < -0.4 is 0 Å². The van der Waals surface area contributed by atoms with Gasteiger partial charge >= 0.3 is 0 Å². The van der Waals surface area contributed by atoms with E-state index in [1.807, 2.05) is 12.1 Å². The Morgan fingerprint density at radius 3 is 1.86 bits per heavy atom. The number of nitrogens with zero attached hydrogens (tertiary/aromatic N) is 2. The van der Waals surface area contributed by atoms with Gasteiger partial charge in [0.1, 0.15) is 11.2 Å². The first-order valence-electron chi connectivity index (χ1n) is 18.3. The molecule has 0 radical (unpaired) electrons. The van der Waals surface area contributed by atoms with Crippen LogP contribution in [0.25, 0.3) is 94.4 Å². The summed E-state index contributed by atoms with van der Waals surface area (Å²) in [4.78, 5) is 0. The Labute approximate surface area is 296 Å². The summed E-state index contributed by atoms with van der Waals surface area (Å²) in [6.07, 6.45) is 24.7. The summed E-state index contributed by atoms with van der Waals surface area (Å²) >= 11 is 0. The number of allylic oxidation sites excluding steroid dienone is 9. The van der Waals surface area contributed by atoms with E-state index in [0.29, 0.717) is 0 Å². The van der Waals surface area contributed by atoms with Crippen LogP contribution >= 0.6 is 0 Å². The molecule has 3 aliphatic rings. The monoisotopic (exact) mass is 656 g/mol. The minimum absolute atomic E-state index is 0.926. The number of benzene rings is 5. The molecule has 3 nitrogen and oxygen atoms in total. The number of furan rings is 1. The van der Waals surface area contributed by atoms with E-state index in [1.54, 1.807) is 0 Å². The Kier molecular flexibility index (Phi) is 6.33. The molecule has 0 amide bonds. The minimum atomic E-state index is 0.926. The van der Waals surface area contributed by atoms with E-state index in [2.05, 4.69) is 143 Å². The Morgan fingerprint density at radius 2 is 1.08 bits per heavy atom. The van der Waals surface area contributed by atoms with Gasteiger partial charge in [0.15, 0.2) is 0 Å². The van der Waals surface area contributed by atoms with Crippen molar-refractivity contribution in [1.29, 1.82) is 0 Å². The summed E-state index contributed by atoms with van der Waals surface area (Å²) in [6, 6.07) is 36.1. The lowest BCUT2D eigenvalue weighted by Crippen LogP contribution is -2.05. The van der Waals surface area contributed by atoms with E-state index in [4.69, 9.17) is 4.42 Å². The summed E-state index contributed by atoms with van der Waals surface area (Å²) in [5, 5.41) is 6.24. The number of aromatic nitrogens is 2. The highest BCUT2D eigenvalue weighted by Crippen LogP contribution is 2.41. The van der Waals surface area contributed by atoms with Crippen molar-refractivity contribution in [3.8, 4) is 22.3 Å². The van der Waals surface area contributed by atoms with E-state index in [-0.39, 0.29) is 0 Å². The van der Waals surface area contributed by atoms with Crippen molar-refractivity contribution in [2.24, 2.45) is 0 Å². The molecule has 0 aliphatic heterocycles. The SMILES string of the molecule is C1=CCCC(n2c3c(c4cc(-c5ccc6c(c5)c5ccc(-c7ccc8c(c7)oc7ccccc78)cc5n6C5=CC=CCC5)ccc42)C=CCC3)=C1. The lowest BCUT2D eigenvalue weighted by molar-refractivity contribution is 0.669. The summed E-state index contributed by atoms with van der Waals surface area (Å²) < 4.78 is 11.3. The van der Waals surface area contributed by atoms with Gasteiger partial charge in [-0.3, -0.25) is 0 Å². The van der Waals surface area contributed by atoms with Gasteiger partial charge in [-0.05, 0) is 121 Å². The Bertz CT molecular complexity index is 2910. The van der Waals surface area contributed by atoms with E-state index in [0.717, 1.165) is 66.0 Å². The average molecular weight is 657 g/mol. The van der Waals surface area contributed by atoms with Crippen LogP contribution in [0.3, 0.4) is 0 Å². The van der Waals surface area contributed by atoms with Gasteiger partial charge in [0, 0.05) is 49.6 Å². The molecule has 3 aromatic heterocycles. The van der Waals surface area contributed by atoms with Gasteiger partial charge in [0.2, 0.25) is 0 Å². The molecular weight excluding hydrogens is 621 g/mol. The summed E-state index contributed by atoms with van der Waals surface area (Å²) in [5.41, 5.74) is 16.1. The van der Waals surface area contributed by atoms with Crippen LogP contribution in [-0.4, -0.2) is 9.13 Å². The van der Waals surface area contributed by atoms with Crippen LogP contribution in [-0.2, 0) is 6.42 Å². The maximum absolute atomic E-state index is 6.28. The largest absolute Gasteiger partial charge is 0.456 e. The molecule has 244 valence electrons. The van der Waals surface area contributed by atoms with Gasteiger partial charge in [0.05, 0.1) is 16.6 Å². The molecule has 0 unspecified atom stereocenters. The number of fused-ring (bicyclic) bond motifs is 9. The minimum Gasteiger partial charge on any atom is -0.456 e. The Hall–Kier alpha value is -6.06. The van der Waals surface area contributed by atoms with Crippen molar-refractivity contribution < 1.29 is 4.42 Å². The predicted octanol–water partition coefficient (Wildman–Crippen LogP) is 13.3. The first-order valence-corrected chi connectivity index (χ1v) is 18.3. The fourth-order valence-electron chi connectivity index (χ4n) is 8.88. The van der Waals surface area contributed by atoms with Crippen LogP contribution in [0, 0.1) is 0 Å². The average Bonchev–Trinajstić information content (AvgIpc) is 3.85. The topological polar surface area (TPSA) is 23.0 Å². The molecule has 51 heavy (non-hydrogen) atoms. The third-order valence-corrected chi connectivity index (χ3v) is 11.3. The standard InChI is InChI=1S/C48H36N2O/c1-3-11-35(12-4-1)49-43-17-9-7-15-37(43)41-27-31(21-25-44(41)49)32-22-26-45-42(28-32)38-23-19-33(29-46(38)50(45)36-13-5-2-6-14-36)34-20-24-40-39-16-8-10-18-47(39)51-48(40)30-34/h1-3,5,7-8,10-11,13,15-16,18-30H,4,6,9,12,14,17H2. The van der Waals surface area contributed by atoms with Crippen molar-refractivity contribution >= 4 is 72.1 Å². The van der Waals surface area contributed by atoms with Crippen LogP contribution in [0.15, 0.2) is 144 Å². The van der Waals surface area contributed by atoms with Crippen LogP contribution in [0.4, 0.5) is 0 Å². The second kappa shape index (κ2) is 11.2. The smallest absolute Gasteiger partial charge is 0.136 e. The van der Waals surface area contributed by atoms with Gasteiger partial charge in [-0.2, -0.15) is 0 Å². The summed E-state index contributed by atoms with van der Waals surface area (Å²) in [7, 11) is 0. The number of hydrogen-bond donors (Lipinski definition) is 0. The molecule has 0 fully saturated rings. The highest BCUT2D eigenvalue weighted by molar-refractivity contribution is 6.13. The van der Waals surface area contributed by atoms with Crippen molar-refractivity contribution in [3.63, 3.8) is 0 Å². The van der Waals surface area contributed by atoms with Crippen molar-refractivity contribution in [1.82, 2.24) is 9.13 Å². The lowest BCUT2D eigenvalue weighted by atomic mass is 9.97. The van der Waals surface area contributed by atoms with E-state index in [9.17, 15) is 0 Å². The molecule has 8 aromatic rings. The van der Waals surface area contributed by atoms with Gasteiger partial charge < -0.3 is 13.6 Å². The van der Waals surface area contributed by atoms with Crippen molar-refractivity contribution in [3.05, 3.63) is 151 Å². The zero-order chi connectivity index (χ0) is 33.5. The van der Waals surface area contributed by atoms with Crippen molar-refractivity contribution in [2.75, 3.05) is 0 Å². The van der Waals surface area contributed by atoms with Gasteiger partial charge in [-0.1, -0.05) is 85.0 Å². The third kappa shape index (κ3) is 4.44. The number of hydrogen-bond acceptors (Lipinski definition) is 1. The molecule has 3 heterocycles.